The van der Waals surface area contributed by atoms with Gasteiger partial charge in [0.1, 0.15) is 19.3 Å². The molecule has 0 bridgehead atoms. The maximum absolute atomic E-state index is 13.1. The Morgan fingerprint density at radius 2 is 0.543 bits per heavy atom. The number of ether oxygens (including phenoxy) is 4. The number of phosphoric acid groups is 2. The molecule has 3 N–H and O–H groups in total. The molecule has 0 heterocycles. The molecule has 0 aromatic rings. The number of hydrogen-bond donors (Lipinski definition) is 3. The van der Waals surface area contributed by atoms with Gasteiger partial charge in [0, 0.05) is 25.7 Å². The summed E-state index contributed by atoms with van der Waals surface area (Å²) in [5, 5.41) is 10.6. The van der Waals surface area contributed by atoms with E-state index in [-0.39, 0.29) is 25.7 Å². The predicted octanol–water partition coefficient (Wildman–Crippen LogP) is 21.9. The zero-order valence-electron chi connectivity index (χ0n) is 61.3. The van der Waals surface area contributed by atoms with Crippen LogP contribution in [0.25, 0.3) is 0 Å². The number of hydrogen-bond acceptors (Lipinski definition) is 15. The summed E-state index contributed by atoms with van der Waals surface area (Å²) < 4.78 is 68.4. The number of aliphatic hydroxyl groups excluding tert-OH is 1. The second kappa shape index (κ2) is 66.9. The minimum Gasteiger partial charge on any atom is -0.462 e. The van der Waals surface area contributed by atoms with Gasteiger partial charge in [-0.3, -0.25) is 37.3 Å². The largest absolute Gasteiger partial charge is 0.472 e. The molecule has 0 aromatic carbocycles. The number of carbonyl (C=O) groups excluding carboxylic acids is 4. The maximum Gasteiger partial charge on any atom is 0.472 e. The van der Waals surface area contributed by atoms with Crippen molar-refractivity contribution in [1.29, 1.82) is 0 Å². The topological polar surface area (TPSA) is 237 Å². The van der Waals surface area contributed by atoms with Gasteiger partial charge in [0.05, 0.1) is 26.4 Å². The molecule has 3 unspecified atom stereocenters. The summed E-state index contributed by atoms with van der Waals surface area (Å²) in [6.07, 6.45) is 54.2. The van der Waals surface area contributed by atoms with Gasteiger partial charge in [-0.15, -0.1) is 0 Å². The molecule has 19 heteroatoms. The number of rotatable bonds is 74. The fourth-order valence-corrected chi connectivity index (χ4v) is 13.0. The van der Waals surface area contributed by atoms with E-state index in [1.54, 1.807) is 0 Å². The first-order valence-corrected chi connectivity index (χ1v) is 42.0. The van der Waals surface area contributed by atoms with Gasteiger partial charge in [-0.25, -0.2) is 9.13 Å². The minimum absolute atomic E-state index is 0.105. The van der Waals surface area contributed by atoms with E-state index >= 15 is 0 Å². The lowest BCUT2D eigenvalue weighted by molar-refractivity contribution is -0.161. The van der Waals surface area contributed by atoms with Crippen LogP contribution in [-0.2, 0) is 65.4 Å². The third-order valence-electron chi connectivity index (χ3n) is 17.8. The molecule has 0 aliphatic rings. The molecule has 0 fully saturated rings. The van der Waals surface area contributed by atoms with Crippen molar-refractivity contribution in [2.75, 3.05) is 39.6 Å². The third-order valence-corrected chi connectivity index (χ3v) is 19.7. The molecule has 0 radical (unpaired) electrons. The van der Waals surface area contributed by atoms with E-state index in [1.807, 2.05) is 0 Å². The molecule has 0 aromatic heterocycles. The summed E-state index contributed by atoms with van der Waals surface area (Å²) in [6.45, 7) is 9.59. The number of aliphatic hydroxyl groups is 1. The van der Waals surface area contributed by atoms with Crippen LogP contribution in [0.3, 0.4) is 0 Å². The van der Waals surface area contributed by atoms with Crippen LogP contribution in [0.5, 0.6) is 0 Å². The molecule has 6 atom stereocenters. The molecular formula is C75H146O17P2. The lowest BCUT2D eigenvalue weighted by Crippen LogP contribution is -2.30. The van der Waals surface area contributed by atoms with E-state index in [0.717, 1.165) is 108 Å². The fraction of sp³-hybridized carbons (Fsp3) is 0.947. The number of phosphoric ester groups is 2. The Labute approximate surface area is 575 Å². The van der Waals surface area contributed by atoms with E-state index in [4.69, 9.17) is 37.0 Å². The van der Waals surface area contributed by atoms with Gasteiger partial charge in [-0.1, -0.05) is 337 Å². The molecule has 0 aliphatic carbocycles. The Balaban J connectivity index is 5.18. The lowest BCUT2D eigenvalue weighted by atomic mass is 9.99. The molecule has 0 spiro atoms. The van der Waals surface area contributed by atoms with E-state index in [9.17, 15) is 43.2 Å². The number of esters is 4. The summed E-state index contributed by atoms with van der Waals surface area (Å²) >= 11 is 0. The Kier molecular flexibility index (Phi) is 65.5. The van der Waals surface area contributed by atoms with Gasteiger partial charge in [-0.05, 0) is 37.5 Å². The Hall–Kier alpha value is -1.94. The maximum atomic E-state index is 13.1. The Morgan fingerprint density at radius 3 is 0.809 bits per heavy atom. The highest BCUT2D eigenvalue weighted by molar-refractivity contribution is 7.47. The van der Waals surface area contributed by atoms with Gasteiger partial charge in [0.2, 0.25) is 0 Å². The van der Waals surface area contributed by atoms with Crippen molar-refractivity contribution in [2.45, 2.75) is 407 Å². The highest BCUT2D eigenvalue weighted by atomic mass is 31.2. The average molecular weight is 1380 g/mol. The van der Waals surface area contributed by atoms with Gasteiger partial charge >= 0.3 is 39.5 Å². The van der Waals surface area contributed by atoms with Crippen LogP contribution in [-0.4, -0.2) is 96.7 Å². The van der Waals surface area contributed by atoms with E-state index in [1.165, 1.54) is 199 Å². The summed E-state index contributed by atoms with van der Waals surface area (Å²) in [5.41, 5.74) is 0. The van der Waals surface area contributed by atoms with Crippen molar-refractivity contribution in [2.24, 2.45) is 11.8 Å². The predicted molar refractivity (Wildman–Crippen MR) is 381 cm³/mol. The van der Waals surface area contributed by atoms with Crippen LogP contribution in [0.15, 0.2) is 0 Å². The van der Waals surface area contributed by atoms with Gasteiger partial charge in [0.15, 0.2) is 12.2 Å². The average Bonchev–Trinajstić information content (AvgIpc) is 1.37. The zero-order chi connectivity index (χ0) is 69.3. The fourth-order valence-electron chi connectivity index (χ4n) is 11.4. The third kappa shape index (κ3) is 67.3. The Bertz CT molecular complexity index is 1820. The molecule has 0 rings (SSSR count). The number of carbonyl (C=O) groups is 4. The quantitative estimate of drug-likeness (QED) is 0.0222. The molecule has 94 heavy (non-hydrogen) atoms. The summed E-state index contributed by atoms with van der Waals surface area (Å²) in [6, 6.07) is 0. The van der Waals surface area contributed by atoms with Gasteiger partial charge in [-0.2, -0.15) is 0 Å². The first kappa shape index (κ1) is 92.1. The standard InChI is InChI=1S/C75H146O17P2/c1-7-10-12-14-16-18-19-26-30-33-40-46-52-58-73(78)86-64-71(91-74(79)59-53-47-41-34-31-28-25-23-21-20-22-24-27-29-32-37-43-49-55-67(4)5)66-90-94(83,84)88-62-69(76)61-87-93(81,82)89-65-70(63-85-72(77)57-51-45-39-17-15-13-11-8-2)92-75(80)60-54-48-42-36-35-38-44-50-56-68(6)9-3/h67-71,76H,7-66H2,1-6H3,(H,81,82)(H,83,84)/t68?,69-,70+,71+/m0/s1. The van der Waals surface area contributed by atoms with E-state index in [0.29, 0.717) is 25.7 Å². The van der Waals surface area contributed by atoms with Crippen molar-refractivity contribution in [3.05, 3.63) is 0 Å². The molecule has 0 aliphatic heterocycles. The SMILES string of the molecule is CCCCCCCCCCCCCCCC(=O)OC[C@H](COP(=O)(O)OC[C@@H](O)COP(=O)(O)OC[C@@H](COC(=O)CCCCCCCCCC)OC(=O)CCCCCCCCCCC(C)CC)OC(=O)CCCCCCCCCCCCCCCCCCCCC(C)C. The first-order chi connectivity index (χ1) is 45.4. The van der Waals surface area contributed by atoms with Crippen molar-refractivity contribution >= 4 is 39.5 Å². The second-order valence-corrected chi connectivity index (χ2v) is 30.7. The molecular weight excluding hydrogens is 1230 g/mol. The van der Waals surface area contributed by atoms with Crippen molar-refractivity contribution in [3.63, 3.8) is 0 Å². The van der Waals surface area contributed by atoms with E-state index in [2.05, 4.69) is 41.5 Å². The van der Waals surface area contributed by atoms with Crippen molar-refractivity contribution in [1.82, 2.24) is 0 Å². The van der Waals surface area contributed by atoms with Crippen LogP contribution in [0.1, 0.15) is 388 Å². The van der Waals surface area contributed by atoms with Crippen LogP contribution in [0, 0.1) is 11.8 Å². The second-order valence-electron chi connectivity index (χ2n) is 27.8. The van der Waals surface area contributed by atoms with Crippen molar-refractivity contribution < 1.29 is 80.2 Å². The summed E-state index contributed by atoms with van der Waals surface area (Å²) in [5.74, 6) is -0.530. The monoisotopic (exact) mass is 1380 g/mol. The Morgan fingerprint density at radius 1 is 0.309 bits per heavy atom. The van der Waals surface area contributed by atoms with E-state index < -0.39 is 97.5 Å². The van der Waals surface area contributed by atoms with Crippen LogP contribution in [0.2, 0.25) is 0 Å². The molecule has 0 saturated carbocycles. The number of unbranched alkanes of at least 4 members (excludes halogenated alkanes) is 43. The lowest BCUT2D eigenvalue weighted by Gasteiger charge is -2.21. The van der Waals surface area contributed by atoms with Crippen LogP contribution < -0.4 is 0 Å². The van der Waals surface area contributed by atoms with Gasteiger partial charge in [0.25, 0.3) is 0 Å². The molecule has 558 valence electrons. The minimum atomic E-state index is -4.96. The van der Waals surface area contributed by atoms with Crippen molar-refractivity contribution in [3.8, 4) is 0 Å². The molecule has 0 amide bonds. The highest BCUT2D eigenvalue weighted by Gasteiger charge is 2.30. The summed E-state index contributed by atoms with van der Waals surface area (Å²) in [7, 11) is -9.90. The van der Waals surface area contributed by atoms with Gasteiger partial charge < -0.3 is 33.8 Å². The van der Waals surface area contributed by atoms with Crippen LogP contribution >= 0.6 is 15.6 Å². The zero-order valence-corrected chi connectivity index (χ0v) is 63.1. The molecule has 0 saturated heterocycles. The smallest absolute Gasteiger partial charge is 0.462 e. The normalized spacial score (nSPS) is 14.3. The van der Waals surface area contributed by atoms with Crippen LogP contribution in [0.4, 0.5) is 0 Å². The highest BCUT2D eigenvalue weighted by Crippen LogP contribution is 2.45. The molecule has 17 nitrogen and oxygen atoms in total. The summed E-state index contributed by atoms with van der Waals surface area (Å²) in [4.78, 5) is 72.6. The first-order valence-electron chi connectivity index (χ1n) is 39.0.